The normalized spacial score (nSPS) is 10.6. The third kappa shape index (κ3) is 5.41. The number of nitrogens with zero attached hydrogens (tertiary/aromatic N) is 4. The Hall–Kier alpha value is -2.11. The second-order valence-corrected chi connectivity index (χ2v) is 4.95. The molecule has 21 heavy (non-hydrogen) atoms. The molecule has 2 aromatic rings. The third-order valence-electron chi connectivity index (χ3n) is 2.97. The average molecular weight is 289 g/mol. The summed E-state index contributed by atoms with van der Waals surface area (Å²) in [7, 11) is 0. The number of hydrogen-bond donors (Lipinski definition) is 1. The van der Waals surface area contributed by atoms with Crippen molar-refractivity contribution < 1.29 is 4.74 Å². The first-order valence-corrected chi connectivity index (χ1v) is 7.46. The molecule has 0 aliphatic heterocycles. The Kier molecular flexibility index (Phi) is 5.99. The zero-order chi connectivity index (χ0) is 14.9. The molecule has 2 heterocycles. The number of hydrogen-bond acceptors (Lipinski definition) is 5. The highest BCUT2D eigenvalue weighted by atomic mass is 16.5. The number of rotatable bonds is 9. The summed E-state index contributed by atoms with van der Waals surface area (Å²) < 4.78 is 7.63. The number of aromatic nitrogens is 4. The minimum atomic E-state index is 0.642. The molecule has 0 amide bonds. The molecule has 0 unspecified atom stereocenters. The van der Waals surface area contributed by atoms with Crippen LogP contribution in [0.1, 0.15) is 31.9 Å². The van der Waals surface area contributed by atoms with Gasteiger partial charge in [-0.1, -0.05) is 6.92 Å². The fraction of sp³-hybridized carbons (Fsp3) is 0.533. The van der Waals surface area contributed by atoms with Crippen molar-refractivity contribution in [2.45, 2.75) is 39.7 Å². The number of nitrogens with one attached hydrogen (secondary N) is 1. The molecule has 0 saturated carbocycles. The first kappa shape index (κ1) is 15.3. The van der Waals surface area contributed by atoms with Gasteiger partial charge in [0, 0.05) is 37.2 Å². The van der Waals surface area contributed by atoms with Gasteiger partial charge in [-0.3, -0.25) is 0 Å². The maximum Gasteiger partial charge on any atom is 0.226 e. The maximum atomic E-state index is 5.55. The summed E-state index contributed by atoms with van der Waals surface area (Å²) in [5, 5.41) is 3.26. The molecule has 0 saturated heterocycles. The van der Waals surface area contributed by atoms with E-state index in [4.69, 9.17) is 4.74 Å². The zero-order valence-corrected chi connectivity index (χ0v) is 12.7. The predicted molar refractivity (Wildman–Crippen MR) is 82.5 cm³/mol. The van der Waals surface area contributed by atoms with Crippen LogP contribution in [0.15, 0.2) is 24.8 Å². The van der Waals surface area contributed by atoms with Crippen LogP contribution in [0.4, 0.5) is 5.95 Å². The monoisotopic (exact) mass is 289 g/mol. The number of unbranched alkanes of at least 4 members (excludes halogenated alkanes) is 1. The van der Waals surface area contributed by atoms with Crippen LogP contribution in [-0.2, 0) is 6.54 Å². The predicted octanol–water partition coefficient (Wildman–Crippen LogP) is 2.66. The van der Waals surface area contributed by atoms with Gasteiger partial charge in [0.1, 0.15) is 0 Å². The van der Waals surface area contributed by atoms with E-state index in [2.05, 4.69) is 31.8 Å². The van der Waals surface area contributed by atoms with Gasteiger partial charge in [-0.05, 0) is 26.2 Å². The van der Waals surface area contributed by atoms with E-state index in [1.54, 1.807) is 6.20 Å². The summed E-state index contributed by atoms with van der Waals surface area (Å²) in [5.74, 6) is 1.29. The van der Waals surface area contributed by atoms with Gasteiger partial charge in [-0.2, -0.15) is 4.98 Å². The van der Waals surface area contributed by atoms with E-state index in [-0.39, 0.29) is 0 Å². The molecule has 0 aromatic carbocycles. The highest BCUT2D eigenvalue weighted by molar-refractivity contribution is 5.30. The average Bonchev–Trinajstić information content (AvgIpc) is 2.97. The molecule has 0 aliphatic rings. The smallest absolute Gasteiger partial charge is 0.226 e. The van der Waals surface area contributed by atoms with Crippen LogP contribution in [0.2, 0.25) is 0 Å². The molecule has 0 aliphatic carbocycles. The summed E-state index contributed by atoms with van der Waals surface area (Å²) >= 11 is 0. The van der Waals surface area contributed by atoms with Gasteiger partial charge in [0.2, 0.25) is 11.8 Å². The highest BCUT2D eigenvalue weighted by Gasteiger charge is 2.02. The quantitative estimate of drug-likeness (QED) is 0.719. The molecule has 0 spiro atoms. The molecule has 0 bridgehead atoms. The number of ether oxygens (including phenoxy) is 1. The number of aryl methyl sites for hydroxylation is 2. The molecule has 6 nitrogen and oxygen atoms in total. The van der Waals surface area contributed by atoms with Crippen LogP contribution in [0.3, 0.4) is 0 Å². The van der Waals surface area contributed by atoms with Crippen molar-refractivity contribution in [1.82, 2.24) is 19.5 Å². The summed E-state index contributed by atoms with van der Waals surface area (Å²) in [4.78, 5) is 12.8. The van der Waals surface area contributed by atoms with Crippen molar-refractivity contribution in [3.8, 4) is 5.88 Å². The molecular weight excluding hydrogens is 266 g/mol. The summed E-state index contributed by atoms with van der Waals surface area (Å²) in [6.45, 7) is 6.55. The highest BCUT2D eigenvalue weighted by Crippen LogP contribution is 2.12. The minimum absolute atomic E-state index is 0.642. The second kappa shape index (κ2) is 8.24. The summed E-state index contributed by atoms with van der Waals surface area (Å²) in [6.07, 6.45) is 8.74. The number of imidazole rings is 1. The lowest BCUT2D eigenvalue weighted by atomic mass is 10.3. The van der Waals surface area contributed by atoms with Gasteiger partial charge in [0.05, 0.1) is 12.9 Å². The van der Waals surface area contributed by atoms with Gasteiger partial charge in [0.25, 0.3) is 0 Å². The maximum absolute atomic E-state index is 5.55. The molecular formula is C15H23N5O. The van der Waals surface area contributed by atoms with E-state index in [0.29, 0.717) is 18.4 Å². The fourth-order valence-corrected chi connectivity index (χ4v) is 1.94. The van der Waals surface area contributed by atoms with E-state index in [9.17, 15) is 0 Å². The lowest BCUT2D eigenvalue weighted by Gasteiger charge is -2.09. The van der Waals surface area contributed by atoms with Crippen LogP contribution >= 0.6 is 0 Å². The lowest BCUT2D eigenvalue weighted by Crippen LogP contribution is -2.08. The van der Waals surface area contributed by atoms with Crippen LogP contribution in [0.5, 0.6) is 5.88 Å². The topological polar surface area (TPSA) is 64.9 Å². The van der Waals surface area contributed by atoms with Crippen LogP contribution < -0.4 is 10.1 Å². The molecule has 0 radical (unpaired) electrons. The molecule has 2 aromatic heterocycles. The lowest BCUT2D eigenvalue weighted by molar-refractivity contribution is 0.305. The van der Waals surface area contributed by atoms with E-state index in [1.807, 2.05) is 25.5 Å². The van der Waals surface area contributed by atoms with Gasteiger partial charge >= 0.3 is 0 Å². The van der Waals surface area contributed by atoms with Crippen molar-refractivity contribution in [2.75, 3.05) is 18.5 Å². The Labute approximate surface area is 125 Å². The Balaban J connectivity index is 1.73. The van der Waals surface area contributed by atoms with Crippen LogP contribution in [-0.4, -0.2) is 32.7 Å². The fourth-order valence-electron chi connectivity index (χ4n) is 1.94. The standard InChI is InChI=1S/C15H23N5O/c1-3-10-21-14-11-13(2)18-15(19-14)17-6-4-5-8-20-9-7-16-12-20/h7,9,11-12H,3-6,8,10H2,1-2H3,(H,17,18,19). The van der Waals surface area contributed by atoms with Crippen molar-refractivity contribution >= 4 is 5.95 Å². The molecule has 2 rings (SSSR count). The van der Waals surface area contributed by atoms with Crippen LogP contribution in [0.25, 0.3) is 0 Å². The first-order chi connectivity index (χ1) is 10.3. The van der Waals surface area contributed by atoms with Crippen molar-refractivity contribution in [3.63, 3.8) is 0 Å². The SMILES string of the molecule is CCCOc1cc(C)nc(NCCCCn2ccnc2)n1. The first-order valence-electron chi connectivity index (χ1n) is 7.46. The van der Waals surface area contributed by atoms with E-state index >= 15 is 0 Å². The van der Waals surface area contributed by atoms with Crippen molar-refractivity contribution in [1.29, 1.82) is 0 Å². The number of anilines is 1. The molecule has 1 N–H and O–H groups in total. The summed E-state index contributed by atoms with van der Waals surface area (Å²) in [5.41, 5.74) is 0.914. The largest absolute Gasteiger partial charge is 0.478 e. The third-order valence-corrected chi connectivity index (χ3v) is 2.97. The molecule has 114 valence electrons. The van der Waals surface area contributed by atoms with Gasteiger partial charge < -0.3 is 14.6 Å². The van der Waals surface area contributed by atoms with Gasteiger partial charge in [0.15, 0.2) is 0 Å². The van der Waals surface area contributed by atoms with E-state index in [1.165, 1.54) is 0 Å². The molecule has 0 fully saturated rings. The Bertz CT molecular complexity index is 527. The van der Waals surface area contributed by atoms with Crippen molar-refractivity contribution in [3.05, 3.63) is 30.5 Å². The Morgan fingerprint density at radius 2 is 2.19 bits per heavy atom. The van der Waals surface area contributed by atoms with Crippen LogP contribution in [0, 0.1) is 6.92 Å². The van der Waals surface area contributed by atoms with E-state index < -0.39 is 0 Å². The van der Waals surface area contributed by atoms with Crippen molar-refractivity contribution in [2.24, 2.45) is 0 Å². The molecule has 0 atom stereocenters. The Morgan fingerprint density at radius 1 is 1.29 bits per heavy atom. The minimum Gasteiger partial charge on any atom is -0.478 e. The zero-order valence-electron chi connectivity index (χ0n) is 12.7. The van der Waals surface area contributed by atoms with Gasteiger partial charge in [-0.25, -0.2) is 9.97 Å². The van der Waals surface area contributed by atoms with E-state index in [0.717, 1.165) is 38.0 Å². The van der Waals surface area contributed by atoms with Gasteiger partial charge in [-0.15, -0.1) is 0 Å². The summed E-state index contributed by atoms with van der Waals surface area (Å²) in [6, 6.07) is 1.86. The second-order valence-electron chi connectivity index (χ2n) is 4.95. The Morgan fingerprint density at radius 3 is 2.95 bits per heavy atom. The molecule has 6 heteroatoms.